The molecule has 1 aromatic carbocycles. The number of thiophene rings is 1. The molecule has 0 saturated carbocycles. The summed E-state index contributed by atoms with van der Waals surface area (Å²) in [6.45, 7) is 5.63. The molecule has 0 saturated heterocycles. The Morgan fingerprint density at radius 3 is 2.87 bits per heavy atom. The maximum atomic E-state index is 12.9. The van der Waals surface area contributed by atoms with Gasteiger partial charge in [0.1, 0.15) is 11.5 Å². The van der Waals surface area contributed by atoms with Gasteiger partial charge in [0, 0.05) is 4.88 Å². The van der Waals surface area contributed by atoms with Gasteiger partial charge in [-0.25, -0.2) is 9.78 Å². The highest BCUT2D eigenvalue weighted by Gasteiger charge is 2.29. The minimum absolute atomic E-state index is 0.167. The summed E-state index contributed by atoms with van der Waals surface area (Å²) < 4.78 is 6.85. The molecule has 0 fully saturated rings. The van der Waals surface area contributed by atoms with E-state index in [1.807, 2.05) is 6.07 Å². The van der Waals surface area contributed by atoms with Gasteiger partial charge < -0.3 is 10.1 Å². The molecule has 8 heteroatoms. The number of amides is 1. The van der Waals surface area contributed by atoms with Crippen molar-refractivity contribution in [3.05, 3.63) is 56.8 Å². The van der Waals surface area contributed by atoms with E-state index in [0.717, 1.165) is 29.7 Å². The van der Waals surface area contributed by atoms with Crippen molar-refractivity contribution in [2.24, 2.45) is 5.92 Å². The lowest BCUT2D eigenvalue weighted by molar-refractivity contribution is -0.116. The predicted molar refractivity (Wildman–Crippen MR) is 121 cm³/mol. The number of carbonyl (C=O) groups is 2. The third-order valence-electron chi connectivity index (χ3n) is 5.37. The Balaban J connectivity index is 1.65. The van der Waals surface area contributed by atoms with Crippen LogP contribution in [0.4, 0.5) is 5.00 Å². The number of benzene rings is 1. The molecule has 0 unspecified atom stereocenters. The summed E-state index contributed by atoms with van der Waals surface area (Å²) >= 11 is 1.44. The first kappa shape index (κ1) is 21.2. The molecule has 1 amide bonds. The topological polar surface area (TPSA) is 90.3 Å². The molecule has 0 spiro atoms. The summed E-state index contributed by atoms with van der Waals surface area (Å²) in [5.41, 5.74) is 2.31. The lowest BCUT2D eigenvalue weighted by Crippen LogP contribution is -2.28. The highest BCUT2D eigenvalue weighted by molar-refractivity contribution is 7.17. The Labute approximate surface area is 184 Å². The Morgan fingerprint density at radius 2 is 2.10 bits per heavy atom. The lowest BCUT2D eigenvalue weighted by Gasteiger charge is -2.19. The summed E-state index contributed by atoms with van der Waals surface area (Å²) in [6, 6.07) is 7.17. The average molecular weight is 440 g/mol. The molecule has 0 bridgehead atoms. The van der Waals surface area contributed by atoms with Crippen molar-refractivity contribution >= 4 is 39.2 Å². The van der Waals surface area contributed by atoms with Crippen LogP contribution in [0.1, 0.15) is 48.0 Å². The van der Waals surface area contributed by atoms with E-state index >= 15 is 0 Å². The molecule has 0 radical (unpaired) electrons. The summed E-state index contributed by atoms with van der Waals surface area (Å²) in [7, 11) is 0. The minimum Gasteiger partial charge on any atom is -0.459 e. The van der Waals surface area contributed by atoms with Crippen LogP contribution >= 0.6 is 11.3 Å². The van der Waals surface area contributed by atoms with E-state index in [1.165, 1.54) is 22.1 Å². The van der Waals surface area contributed by atoms with Crippen LogP contribution in [-0.2, 0) is 28.9 Å². The van der Waals surface area contributed by atoms with Gasteiger partial charge in [0.05, 0.1) is 28.9 Å². The second-order valence-corrected chi connectivity index (χ2v) is 9.33. The van der Waals surface area contributed by atoms with Crippen molar-refractivity contribution < 1.29 is 14.3 Å². The molecule has 2 aromatic heterocycles. The fraction of sp³-hybridized carbons (Fsp3) is 0.391. The monoisotopic (exact) mass is 439 g/mol. The minimum atomic E-state index is -0.413. The van der Waals surface area contributed by atoms with Crippen molar-refractivity contribution in [3.8, 4) is 0 Å². The van der Waals surface area contributed by atoms with Gasteiger partial charge in [-0.3, -0.25) is 14.2 Å². The Kier molecular flexibility index (Phi) is 5.91. The van der Waals surface area contributed by atoms with Gasteiger partial charge in [0.25, 0.3) is 5.56 Å². The van der Waals surface area contributed by atoms with E-state index in [-0.39, 0.29) is 24.1 Å². The van der Waals surface area contributed by atoms with Crippen molar-refractivity contribution in [2.75, 3.05) is 5.32 Å². The maximum Gasteiger partial charge on any atom is 0.341 e. The number of carbonyl (C=O) groups excluding carboxylic acids is 2. The van der Waals surface area contributed by atoms with E-state index in [9.17, 15) is 14.4 Å². The van der Waals surface area contributed by atoms with Crippen LogP contribution in [0.3, 0.4) is 0 Å². The molecule has 2 heterocycles. The number of nitrogens with one attached hydrogen (secondary N) is 1. The molecule has 4 rings (SSSR count). The quantitative estimate of drug-likeness (QED) is 0.611. The number of hydrogen-bond acceptors (Lipinski definition) is 6. The molecular weight excluding hydrogens is 414 g/mol. The zero-order chi connectivity index (χ0) is 22.1. The number of esters is 1. The number of fused-ring (bicyclic) bond motifs is 2. The van der Waals surface area contributed by atoms with Crippen LogP contribution in [-0.4, -0.2) is 27.5 Å². The van der Waals surface area contributed by atoms with Crippen LogP contribution < -0.4 is 10.9 Å². The standard InChI is InChI=1S/C23H25N3O4S/c1-13(2)30-23(29)21-15-9-8-14(3)10-18(15)31-22(21)25-19(27)12-26-17-7-5-4-6-16(17)24-11-20(26)28/h4-7,11,13-14H,8-10,12H2,1-3H3,(H,25,27)/t14-/m0/s1. The van der Waals surface area contributed by atoms with Crippen LogP contribution in [0.2, 0.25) is 0 Å². The third-order valence-corrected chi connectivity index (χ3v) is 6.54. The molecule has 3 aromatic rings. The highest BCUT2D eigenvalue weighted by atomic mass is 32.1. The van der Waals surface area contributed by atoms with Crippen molar-refractivity contribution in [1.82, 2.24) is 9.55 Å². The Hall–Kier alpha value is -3.00. The van der Waals surface area contributed by atoms with E-state index in [2.05, 4.69) is 17.2 Å². The largest absolute Gasteiger partial charge is 0.459 e. The van der Waals surface area contributed by atoms with Crippen LogP contribution in [0, 0.1) is 5.92 Å². The lowest BCUT2D eigenvalue weighted by atomic mass is 9.88. The zero-order valence-electron chi connectivity index (χ0n) is 17.8. The molecule has 31 heavy (non-hydrogen) atoms. The molecule has 162 valence electrons. The summed E-state index contributed by atoms with van der Waals surface area (Å²) in [6.07, 6.45) is 3.63. The first-order valence-corrected chi connectivity index (χ1v) is 11.2. The van der Waals surface area contributed by atoms with Gasteiger partial charge in [-0.2, -0.15) is 0 Å². The van der Waals surface area contributed by atoms with Crippen molar-refractivity contribution in [2.45, 2.75) is 52.7 Å². The smallest absolute Gasteiger partial charge is 0.341 e. The van der Waals surface area contributed by atoms with Gasteiger partial charge in [-0.05, 0) is 56.7 Å². The molecule has 1 aliphatic rings. The van der Waals surface area contributed by atoms with E-state index in [4.69, 9.17) is 4.74 Å². The van der Waals surface area contributed by atoms with Gasteiger partial charge in [-0.1, -0.05) is 19.1 Å². The molecule has 0 aliphatic heterocycles. The summed E-state index contributed by atoms with van der Waals surface area (Å²) in [5, 5.41) is 3.38. The summed E-state index contributed by atoms with van der Waals surface area (Å²) in [5.74, 6) is -0.252. The van der Waals surface area contributed by atoms with Crippen molar-refractivity contribution in [1.29, 1.82) is 0 Å². The first-order chi connectivity index (χ1) is 14.8. The highest BCUT2D eigenvalue weighted by Crippen LogP contribution is 2.40. The van der Waals surface area contributed by atoms with E-state index < -0.39 is 5.97 Å². The van der Waals surface area contributed by atoms with Gasteiger partial charge in [-0.15, -0.1) is 11.3 Å². The fourth-order valence-corrected chi connectivity index (χ4v) is 5.33. The second-order valence-electron chi connectivity index (χ2n) is 8.23. The second kappa shape index (κ2) is 8.63. The number of para-hydroxylation sites is 2. The maximum absolute atomic E-state index is 12.9. The van der Waals surface area contributed by atoms with Gasteiger partial charge in [0.15, 0.2) is 0 Å². The molecule has 1 aliphatic carbocycles. The van der Waals surface area contributed by atoms with Crippen LogP contribution in [0.25, 0.3) is 11.0 Å². The first-order valence-electron chi connectivity index (χ1n) is 10.4. The van der Waals surface area contributed by atoms with E-state index in [0.29, 0.717) is 27.5 Å². The molecule has 1 atom stereocenters. The predicted octanol–water partition coefficient (Wildman–Crippen LogP) is 3.79. The SMILES string of the molecule is CC(C)OC(=O)c1c(NC(=O)Cn2c(=O)cnc3ccccc32)sc2c1CC[C@H](C)C2. The average Bonchev–Trinajstić information content (AvgIpc) is 3.06. The van der Waals surface area contributed by atoms with E-state index in [1.54, 1.807) is 32.0 Å². The zero-order valence-corrected chi connectivity index (χ0v) is 18.6. The Morgan fingerprint density at radius 1 is 1.32 bits per heavy atom. The normalized spacial score (nSPS) is 15.7. The van der Waals surface area contributed by atoms with Crippen LogP contribution in [0.5, 0.6) is 0 Å². The molecule has 7 nitrogen and oxygen atoms in total. The number of aromatic nitrogens is 2. The molecular formula is C23H25N3O4S. The number of anilines is 1. The third kappa shape index (κ3) is 4.39. The number of ether oxygens (including phenoxy) is 1. The number of nitrogens with zero attached hydrogens (tertiary/aromatic N) is 2. The Bertz CT molecular complexity index is 1210. The number of rotatable bonds is 5. The molecule has 1 N–H and O–H groups in total. The van der Waals surface area contributed by atoms with Crippen LogP contribution in [0.15, 0.2) is 35.3 Å². The summed E-state index contributed by atoms with van der Waals surface area (Å²) in [4.78, 5) is 43.4. The van der Waals surface area contributed by atoms with Gasteiger partial charge >= 0.3 is 5.97 Å². The number of hydrogen-bond donors (Lipinski definition) is 1. The van der Waals surface area contributed by atoms with Gasteiger partial charge in [0.2, 0.25) is 5.91 Å². The fourth-order valence-electron chi connectivity index (χ4n) is 3.92. The van der Waals surface area contributed by atoms with Crippen molar-refractivity contribution in [3.63, 3.8) is 0 Å².